The van der Waals surface area contributed by atoms with Crippen molar-refractivity contribution >= 4 is 17.0 Å². The fourth-order valence-corrected chi connectivity index (χ4v) is 4.05. The number of oxazole rings is 1. The predicted molar refractivity (Wildman–Crippen MR) is 109 cm³/mol. The number of carbonyl (C=O) groups is 1. The van der Waals surface area contributed by atoms with Gasteiger partial charge in [0.1, 0.15) is 11.8 Å². The molecule has 0 fully saturated rings. The van der Waals surface area contributed by atoms with Crippen LogP contribution in [0, 0.1) is 11.3 Å². The summed E-state index contributed by atoms with van der Waals surface area (Å²) in [5, 5.41) is 9.41. The molecule has 7 nitrogen and oxygen atoms in total. The van der Waals surface area contributed by atoms with E-state index >= 15 is 0 Å². The number of fused-ring (bicyclic) bond motifs is 2. The van der Waals surface area contributed by atoms with Crippen LogP contribution in [0.25, 0.3) is 11.1 Å². The third kappa shape index (κ3) is 2.95. The van der Waals surface area contributed by atoms with Crippen LogP contribution in [0.2, 0.25) is 0 Å². The predicted octanol–water partition coefficient (Wildman–Crippen LogP) is 3.33. The van der Waals surface area contributed by atoms with Gasteiger partial charge in [-0.2, -0.15) is 5.26 Å². The fraction of sp³-hybridized carbons (Fsp3) is 0.130. The molecule has 4 aromatic rings. The van der Waals surface area contributed by atoms with Crippen LogP contribution in [0.5, 0.6) is 0 Å². The van der Waals surface area contributed by atoms with Crippen molar-refractivity contribution in [2.45, 2.75) is 19.0 Å². The molecule has 1 unspecified atom stereocenters. The molecule has 0 saturated heterocycles. The normalized spacial score (nSPS) is 15.4. The van der Waals surface area contributed by atoms with Crippen molar-refractivity contribution in [2.75, 3.05) is 0 Å². The molecule has 7 heteroatoms. The summed E-state index contributed by atoms with van der Waals surface area (Å²) in [5.41, 5.74) is 4.69. The molecule has 3 heterocycles. The van der Waals surface area contributed by atoms with E-state index in [1.165, 1.54) is 0 Å². The van der Waals surface area contributed by atoms with E-state index in [4.69, 9.17) is 4.42 Å². The van der Waals surface area contributed by atoms with Gasteiger partial charge in [0.25, 0.3) is 5.91 Å². The first kappa shape index (κ1) is 17.9. The highest BCUT2D eigenvalue weighted by Gasteiger charge is 2.36. The summed E-state index contributed by atoms with van der Waals surface area (Å²) in [7, 11) is 0. The van der Waals surface area contributed by atoms with Crippen LogP contribution in [0.1, 0.15) is 38.8 Å². The summed E-state index contributed by atoms with van der Waals surface area (Å²) in [5.74, 6) is -0.570. The molecule has 1 amide bonds. The molecule has 0 bridgehead atoms. The lowest BCUT2D eigenvalue weighted by Gasteiger charge is -2.26. The Morgan fingerprint density at radius 3 is 2.87 bits per heavy atom. The van der Waals surface area contributed by atoms with Crippen molar-refractivity contribution in [1.82, 2.24) is 14.9 Å². The van der Waals surface area contributed by atoms with Crippen molar-refractivity contribution in [1.29, 1.82) is 5.26 Å². The first-order chi connectivity index (χ1) is 14.6. The number of nitriles is 1. The number of nitrogens with zero attached hydrogens (tertiary/aromatic N) is 3. The zero-order chi connectivity index (χ0) is 20.7. The molecule has 5 rings (SSSR count). The number of nitrogens with one attached hydrogen (secondary N) is 1. The Kier molecular flexibility index (Phi) is 4.18. The molecular formula is C23H16N4O3. The molecule has 2 aromatic heterocycles. The van der Waals surface area contributed by atoms with E-state index < -0.39 is 5.76 Å². The Bertz CT molecular complexity index is 1380. The Hall–Kier alpha value is -4.18. The van der Waals surface area contributed by atoms with Gasteiger partial charge in [-0.25, -0.2) is 9.78 Å². The number of pyridine rings is 1. The Morgan fingerprint density at radius 1 is 1.13 bits per heavy atom. The molecule has 146 valence electrons. The molecule has 2 aromatic carbocycles. The van der Waals surface area contributed by atoms with Gasteiger partial charge in [-0.1, -0.05) is 30.3 Å². The van der Waals surface area contributed by atoms with Gasteiger partial charge >= 0.3 is 5.76 Å². The average Bonchev–Trinajstić information content (AvgIpc) is 3.26. The third-order valence-corrected chi connectivity index (χ3v) is 5.44. The zero-order valence-electron chi connectivity index (χ0n) is 15.8. The maximum Gasteiger partial charge on any atom is 0.417 e. The minimum Gasteiger partial charge on any atom is -0.408 e. The van der Waals surface area contributed by atoms with E-state index in [-0.39, 0.29) is 11.9 Å². The van der Waals surface area contributed by atoms with E-state index in [0.717, 1.165) is 16.7 Å². The number of carbonyl (C=O) groups excluding carboxylic acids is 1. The molecule has 0 saturated carbocycles. The van der Waals surface area contributed by atoms with Crippen molar-refractivity contribution < 1.29 is 9.21 Å². The summed E-state index contributed by atoms with van der Waals surface area (Å²) in [4.78, 5) is 33.2. The number of hydrogen-bond acceptors (Lipinski definition) is 5. The zero-order valence-corrected chi connectivity index (χ0v) is 15.8. The average molecular weight is 396 g/mol. The lowest BCUT2D eigenvalue weighted by molar-refractivity contribution is 0.0709. The molecule has 1 N–H and O–H groups in total. The van der Waals surface area contributed by atoms with Crippen LogP contribution in [0.15, 0.2) is 70.0 Å². The molecule has 0 radical (unpaired) electrons. The first-order valence-corrected chi connectivity index (χ1v) is 9.49. The third-order valence-electron chi connectivity index (χ3n) is 5.44. The van der Waals surface area contributed by atoms with Crippen molar-refractivity contribution in [3.63, 3.8) is 0 Å². The van der Waals surface area contributed by atoms with Crippen LogP contribution in [0.3, 0.4) is 0 Å². The highest BCUT2D eigenvalue weighted by molar-refractivity contribution is 5.99. The van der Waals surface area contributed by atoms with Crippen LogP contribution in [-0.2, 0) is 13.0 Å². The van der Waals surface area contributed by atoms with Crippen LogP contribution in [0.4, 0.5) is 0 Å². The molecule has 1 aliphatic rings. The maximum atomic E-state index is 13.2. The summed E-state index contributed by atoms with van der Waals surface area (Å²) < 4.78 is 5.16. The lowest BCUT2D eigenvalue weighted by Crippen LogP contribution is -2.29. The highest BCUT2D eigenvalue weighted by atomic mass is 16.4. The van der Waals surface area contributed by atoms with Gasteiger partial charge < -0.3 is 9.32 Å². The second-order valence-corrected chi connectivity index (χ2v) is 7.21. The van der Waals surface area contributed by atoms with E-state index in [0.29, 0.717) is 35.3 Å². The second kappa shape index (κ2) is 7.01. The second-order valence-electron chi connectivity index (χ2n) is 7.21. The molecule has 0 aliphatic carbocycles. The summed E-state index contributed by atoms with van der Waals surface area (Å²) in [6.07, 6.45) is 2.08. The number of aromatic nitrogens is 2. The highest BCUT2D eigenvalue weighted by Crippen LogP contribution is 2.37. The molecule has 30 heavy (non-hydrogen) atoms. The fourth-order valence-electron chi connectivity index (χ4n) is 4.05. The standard InChI is InChI=1S/C23H16N4O3/c24-12-19-15(4-3-9-25-19)11-20-16-5-1-2-6-17(16)22(28)27(20)13-14-7-8-18-21(10-14)30-23(29)26-18/h1-10,20H,11,13H2,(H,26,29). The largest absolute Gasteiger partial charge is 0.417 e. The van der Waals surface area contributed by atoms with Gasteiger partial charge in [-0.15, -0.1) is 0 Å². The summed E-state index contributed by atoms with van der Waals surface area (Å²) in [6, 6.07) is 18.5. The van der Waals surface area contributed by atoms with Gasteiger partial charge in [-0.05, 0) is 47.4 Å². The monoisotopic (exact) mass is 396 g/mol. The number of aromatic amines is 1. The van der Waals surface area contributed by atoms with Gasteiger partial charge in [0.2, 0.25) is 0 Å². The number of hydrogen-bond donors (Lipinski definition) is 1. The minimum absolute atomic E-state index is 0.0615. The quantitative estimate of drug-likeness (QED) is 0.570. The van der Waals surface area contributed by atoms with Gasteiger partial charge in [0.15, 0.2) is 5.58 Å². The minimum atomic E-state index is -0.509. The topological polar surface area (TPSA) is 103 Å². The number of benzene rings is 2. The molecular weight excluding hydrogens is 380 g/mol. The van der Waals surface area contributed by atoms with E-state index in [2.05, 4.69) is 16.0 Å². The van der Waals surface area contributed by atoms with Gasteiger partial charge in [-0.3, -0.25) is 9.78 Å². The Balaban J connectivity index is 1.53. The Labute approximate surface area is 171 Å². The summed E-state index contributed by atoms with van der Waals surface area (Å²) in [6.45, 7) is 0.352. The lowest BCUT2D eigenvalue weighted by atomic mass is 9.97. The molecule has 0 spiro atoms. The molecule has 1 aliphatic heterocycles. The van der Waals surface area contributed by atoms with Crippen molar-refractivity contribution in [3.8, 4) is 6.07 Å². The van der Waals surface area contributed by atoms with Crippen molar-refractivity contribution in [3.05, 3.63) is 99.3 Å². The van der Waals surface area contributed by atoms with E-state index in [9.17, 15) is 14.9 Å². The van der Waals surface area contributed by atoms with Crippen LogP contribution >= 0.6 is 0 Å². The maximum absolute atomic E-state index is 13.2. The number of H-pyrrole nitrogens is 1. The van der Waals surface area contributed by atoms with Crippen LogP contribution in [-0.4, -0.2) is 20.8 Å². The van der Waals surface area contributed by atoms with E-state index in [1.807, 2.05) is 36.4 Å². The SMILES string of the molecule is N#Cc1ncccc1CC1c2ccccc2C(=O)N1Cc1ccc2[nH]c(=O)oc2c1. The van der Waals surface area contributed by atoms with Crippen molar-refractivity contribution in [2.24, 2.45) is 0 Å². The van der Waals surface area contributed by atoms with Gasteiger partial charge in [0.05, 0.1) is 11.6 Å². The van der Waals surface area contributed by atoms with Crippen LogP contribution < -0.4 is 5.76 Å². The number of amides is 1. The first-order valence-electron chi connectivity index (χ1n) is 9.49. The number of rotatable bonds is 4. The smallest absolute Gasteiger partial charge is 0.408 e. The Morgan fingerprint density at radius 2 is 2.00 bits per heavy atom. The summed E-state index contributed by atoms with van der Waals surface area (Å²) >= 11 is 0. The molecule has 1 atom stereocenters. The van der Waals surface area contributed by atoms with E-state index in [1.54, 1.807) is 29.3 Å². The van der Waals surface area contributed by atoms with Gasteiger partial charge in [0, 0.05) is 18.3 Å².